The maximum absolute atomic E-state index is 13.7. The van der Waals surface area contributed by atoms with Gasteiger partial charge in [0.15, 0.2) is 0 Å². The number of aliphatic hydroxyl groups excluding tert-OH is 1. The summed E-state index contributed by atoms with van der Waals surface area (Å²) < 4.78 is 0. The lowest BCUT2D eigenvalue weighted by atomic mass is 9.99. The van der Waals surface area contributed by atoms with Crippen LogP contribution in [0.15, 0.2) is 66.7 Å². The lowest BCUT2D eigenvalue weighted by Crippen LogP contribution is -2.57. The zero-order chi connectivity index (χ0) is 29.7. The highest BCUT2D eigenvalue weighted by Crippen LogP contribution is 2.21. The third kappa shape index (κ3) is 7.25. The number of amides is 4. The second-order valence-electron chi connectivity index (χ2n) is 10.2. The van der Waals surface area contributed by atoms with Crippen LogP contribution in [-0.2, 0) is 32.0 Å². The van der Waals surface area contributed by atoms with E-state index in [-0.39, 0.29) is 31.4 Å². The number of hydrogen-bond donors (Lipinski definition) is 5. The molecule has 3 aromatic carbocycles. The Morgan fingerprint density at radius 1 is 0.902 bits per heavy atom. The molecule has 0 saturated carbocycles. The number of carboxylic acids is 1. The molecule has 0 aliphatic carbocycles. The summed E-state index contributed by atoms with van der Waals surface area (Å²) in [4.78, 5) is 63.7. The van der Waals surface area contributed by atoms with E-state index in [1.807, 2.05) is 42.5 Å². The van der Waals surface area contributed by atoms with Crippen molar-refractivity contribution < 1.29 is 34.2 Å². The normalized spacial score (nSPS) is 18.0. The van der Waals surface area contributed by atoms with Crippen molar-refractivity contribution in [1.82, 2.24) is 15.5 Å². The molecule has 11 nitrogen and oxygen atoms in total. The van der Waals surface area contributed by atoms with Crippen LogP contribution in [0, 0.1) is 0 Å². The zero-order valence-corrected chi connectivity index (χ0v) is 22.4. The molecule has 214 valence electrons. The Labute approximate surface area is 236 Å². The number of rotatable bonds is 10. The number of β-amino-alcohol motifs (C(OH)–C–C–N with tert-alkyl or cyclic N) is 1. The number of carbonyl (C=O) groups is 5. The zero-order valence-electron chi connectivity index (χ0n) is 22.4. The SMILES string of the molecule is CC(=O)N[C@@H](Cc1ccc2ccccc2c1)C(=O)N[C@@H](Cc1ccc(C(=O)O)cc1)C(=O)N1C[C@@H](O)C[C@H]1C(N)=O. The number of nitrogens with two attached hydrogens (primary N) is 1. The van der Waals surface area contributed by atoms with Gasteiger partial charge in [0, 0.05) is 32.7 Å². The van der Waals surface area contributed by atoms with Gasteiger partial charge in [-0.3, -0.25) is 19.2 Å². The number of likely N-dealkylation sites (tertiary alicyclic amines) is 1. The fourth-order valence-corrected chi connectivity index (χ4v) is 5.07. The Balaban J connectivity index is 1.60. The van der Waals surface area contributed by atoms with Gasteiger partial charge >= 0.3 is 5.97 Å². The molecule has 6 N–H and O–H groups in total. The molecule has 11 heteroatoms. The third-order valence-electron chi connectivity index (χ3n) is 7.09. The fraction of sp³-hybridized carbons (Fsp3) is 0.300. The molecule has 1 fully saturated rings. The molecule has 0 aromatic heterocycles. The van der Waals surface area contributed by atoms with Gasteiger partial charge in [-0.2, -0.15) is 0 Å². The van der Waals surface area contributed by atoms with Crippen molar-refractivity contribution in [1.29, 1.82) is 0 Å². The van der Waals surface area contributed by atoms with E-state index in [0.29, 0.717) is 5.56 Å². The minimum Gasteiger partial charge on any atom is -0.478 e. The second-order valence-corrected chi connectivity index (χ2v) is 10.2. The number of benzene rings is 3. The second kappa shape index (κ2) is 12.6. The summed E-state index contributed by atoms with van der Waals surface area (Å²) in [5.74, 6) is -3.58. The number of fused-ring (bicyclic) bond motifs is 1. The highest BCUT2D eigenvalue weighted by molar-refractivity contribution is 5.95. The Morgan fingerprint density at radius 2 is 1.54 bits per heavy atom. The van der Waals surface area contributed by atoms with Crippen LogP contribution in [0.3, 0.4) is 0 Å². The van der Waals surface area contributed by atoms with E-state index < -0.39 is 53.8 Å². The number of carboxylic acid groups (broad SMARTS) is 1. The van der Waals surface area contributed by atoms with Gasteiger partial charge in [-0.1, -0.05) is 54.6 Å². The Hall–Kier alpha value is -4.77. The van der Waals surface area contributed by atoms with E-state index in [2.05, 4.69) is 10.6 Å². The lowest BCUT2D eigenvalue weighted by molar-refractivity contribution is -0.141. The van der Waals surface area contributed by atoms with Gasteiger partial charge in [0.05, 0.1) is 11.7 Å². The number of aliphatic hydroxyl groups is 1. The van der Waals surface area contributed by atoms with Gasteiger partial charge in [0.25, 0.3) is 0 Å². The van der Waals surface area contributed by atoms with Crippen molar-refractivity contribution in [2.75, 3.05) is 6.54 Å². The Bertz CT molecular complexity index is 1470. The van der Waals surface area contributed by atoms with Crippen LogP contribution in [0.4, 0.5) is 0 Å². The number of carbonyl (C=O) groups excluding carboxylic acids is 4. The van der Waals surface area contributed by atoms with Gasteiger partial charge in [-0.15, -0.1) is 0 Å². The molecule has 1 saturated heterocycles. The first-order chi connectivity index (χ1) is 19.5. The summed E-state index contributed by atoms with van der Waals surface area (Å²) in [6.45, 7) is 1.15. The molecule has 3 aromatic rings. The number of hydrogen-bond acceptors (Lipinski definition) is 6. The first kappa shape index (κ1) is 29.2. The van der Waals surface area contributed by atoms with Gasteiger partial charge in [0.1, 0.15) is 18.1 Å². The van der Waals surface area contributed by atoms with Crippen molar-refractivity contribution in [3.05, 3.63) is 83.4 Å². The number of aromatic carboxylic acids is 1. The molecule has 0 radical (unpaired) electrons. The molecule has 1 aliphatic rings. The monoisotopic (exact) mass is 560 g/mol. The predicted molar refractivity (Wildman–Crippen MR) is 150 cm³/mol. The van der Waals surface area contributed by atoms with Crippen molar-refractivity contribution >= 4 is 40.4 Å². The molecule has 4 atom stereocenters. The van der Waals surface area contributed by atoms with Crippen LogP contribution in [0.5, 0.6) is 0 Å². The van der Waals surface area contributed by atoms with Gasteiger partial charge in [-0.25, -0.2) is 4.79 Å². The molecule has 4 amide bonds. The summed E-state index contributed by atoms with van der Waals surface area (Å²) in [5.41, 5.74) is 6.88. The number of nitrogens with one attached hydrogen (secondary N) is 2. The summed E-state index contributed by atoms with van der Waals surface area (Å²) >= 11 is 0. The quantitative estimate of drug-likeness (QED) is 0.243. The minimum absolute atomic E-state index is 0.0223. The molecule has 4 rings (SSSR count). The summed E-state index contributed by atoms with van der Waals surface area (Å²) in [6.07, 6.45) is -0.865. The maximum Gasteiger partial charge on any atom is 0.335 e. The predicted octanol–water partition coefficient (Wildman–Crippen LogP) is 0.760. The molecule has 41 heavy (non-hydrogen) atoms. The van der Waals surface area contributed by atoms with E-state index in [4.69, 9.17) is 5.73 Å². The van der Waals surface area contributed by atoms with Gasteiger partial charge in [0.2, 0.25) is 23.6 Å². The number of primary amides is 1. The number of nitrogens with zero attached hydrogens (tertiary/aromatic N) is 1. The molecule has 1 heterocycles. The third-order valence-corrected chi connectivity index (χ3v) is 7.09. The molecule has 0 bridgehead atoms. The first-order valence-corrected chi connectivity index (χ1v) is 13.2. The standard InChI is InChI=1S/C30H32N4O7/c1-17(35)32-24(14-19-8-9-20-4-2-3-5-22(20)12-19)28(38)33-25(13-18-6-10-21(11-7-18)30(40)41)29(39)34-16-23(36)15-26(34)27(31)37/h2-12,23-26,36H,13-16H2,1H3,(H2,31,37)(H,32,35)(H,33,38)(H,40,41)/t23-,24-,25-,26-/m0/s1. The topological polar surface area (TPSA) is 179 Å². The van der Waals surface area contributed by atoms with Crippen molar-refractivity contribution in [3.8, 4) is 0 Å². The average Bonchev–Trinajstić information content (AvgIpc) is 3.34. The molecule has 1 aliphatic heterocycles. The maximum atomic E-state index is 13.7. The Morgan fingerprint density at radius 3 is 2.17 bits per heavy atom. The van der Waals surface area contributed by atoms with Crippen LogP contribution < -0.4 is 16.4 Å². The van der Waals surface area contributed by atoms with Crippen LogP contribution in [0.2, 0.25) is 0 Å². The van der Waals surface area contributed by atoms with E-state index in [9.17, 15) is 34.2 Å². The van der Waals surface area contributed by atoms with Crippen LogP contribution in [-0.4, -0.2) is 75.5 Å². The van der Waals surface area contributed by atoms with E-state index in [0.717, 1.165) is 21.2 Å². The minimum atomic E-state index is -1.20. The smallest absolute Gasteiger partial charge is 0.335 e. The average molecular weight is 561 g/mol. The van der Waals surface area contributed by atoms with Crippen LogP contribution in [0.1, 0.15) is 34.8 Å². The molecule has 0 spiro atoms. The highest BCUT2D eigenvalue weighted by atomic mass is 16.4. The van der Waals surface area contributed by atoms with Gasteiger partial charge in [-0.05, 0) is 34.0 Å². The Kier molecular flexibility index (Phi) is 8.98. The summed E-state index contributed by atoms with van der Waals surface area (Å²) in [7, 11) is 0. The van der Waals surface area contributed by atoms with Crippen LogP contribution >= 0.6 is 0 Å². The van der Waals surface area contributed by atoms with Crippen LogP contribution in [0.25, 0.3) is 10.8 Å². The van der Waals surface area contributed by atoms with E-state index in [1.54, 1.807) is 0 Å². The van der Waals surface area contributed by atoms with Crippen molar-refractivity contribution in [2.45, 2.75) is 50.4 Å². The molecular formula is C30H32N4O7. The van der Waals surface area contributed by atoms with Crippen molar-refractivity contribution in [3.63, 3.8) is 0 Å². The summed E-state index contributed by atoms with van der Waals surface area (Å²) in [6, 6.07) is 16.0. The van der Waals surface area contributed by atoms with Crippen molar-refractivity contribution in [2.24, 2.45) is 5.73 Å². The summed E-state index contributed by atoms with van der Waals surface area (Å²) in [5, 5.41) is 26.7. The first-order valence-electron chi connectivity index (χ1n) is 13.2. The largest absolute Gasteiger partial charge is 0.478 e. The molecule has 0 unspecified atom stereocenters. The van der Waals surface area contributed by atoms with E-state index in [1.165, 1.54) is 31.2 Å². The van der Waals surface area contributed by atoms with E-state index >= 15 is 0 Å². The molecular weight excluding hydrogens is 528 g/mol. The van der Waals surface area contributed by atoms with Gasteiger partial charge < -0.3 is 31.5 Å². The lowest BCUT2D eigenvalue weighted by Gasteiger charge is -2.29. The highest BCUT2D eigenvalue weighted by Gasteiger charge is 2.41. The fourth-order valence-electron chi connectivity index (χ4n) is 5.07.